The number of anilines is 1. The van der Waals surface area contributed by atoms with Crippen LogP contribution in [-0.2, 0) is 6.54 Å². The lowest BCUT2D eigenvalue weighted by Crippen LogP contribution is -2.46. The number of aryl methyl sites for hydroxylation is 1. The van der Waals surface area contributed by atoms with Gasteiger partial charge in [-0.25, -0.2) is 4.98 Å². The normalized spacial score (nSPS) is 15.1. The molecule has 6 nitrogen and oxygen atoms in total. The van der Waals surface area contributed by atoms with Gasteiger partial charge in [-0.1, -0.05) is 18.2 Å². The van der Waals surface area contributed by atoms with Crippen molar-refractivity contribution in [2.24, 2.45) is 0 Å². The Morgan fingerprint density at radius 3 is 2.61 bits per heavy atom. The van der Waals surface area contributed by atoms with Gasteiger partial charge in [-0.05, 0) is 38.1 Å². The average Bonchev–Trinajstić information content (AvgIpc) is 2.69. The molecule has 1 fully saturated rings. The van der Waals surface area contributed by atoms with Crippen molar-refractivity contribution in [1.29, 1.82) is 0 Å². The predicted octanol–water partition coefficient (Wildman–Crippen LogP) is 2.72. The van der Waals surface area contributed by atoms with E-state index in [1.54, 1.807) is 10.5 Å². The van der Waals surface area contributed by atoms with E-state index in [1.807, 2.05) is 44.2 Å². The molecular formula is C22H26N4O2. The zero-order valence-electron chi connectivity index (χ0n) is 16.5. The number of fused-ring (bicyclic) bond motifs is 1. The SMILES string of the molecule is CCOc1ccccc1N1CCN(Cc2cc(=O)n3c(C)cccc3n2)CC1. The van der Waals surface area contributed by atoms with Crippen LogP contribution in [0.3, 0.4) is 0 Å². The first-order valence-corrected chi connectivity index (χ1v) is 9.83. The summed E-state index contributed by atoms with van der Waals surface area (Å²) in [6, 6.07) is 15.6. The monoisotopic (exact) mass is 378 g/mol. The van der Waals surface area contributed by atoms with Crippen LogP contribution in [0.25, 0.3) is 5.65 Å². The Balaban J connectivity index is 1.45. The highest BCUT2D eigenvalue weighted by Gasteiger charge is 2.20. The molecule has 1 saturated heterocycles. The van der Waals surface area contributed by atoms with Gasteiger partial charge in [0.25, 0.3) is 5.56 Å². The Labute approximate surface area is 165 Å². The van der Waals surface area contributed by atoms with Crippen molar-refractivity contribution >= 4 is 11.3 Å². The van der Waals surface area contributed by atoms with E-state index < -0.39 is 0 Å². The molecule has 3 aromatic rings. The Kier molecular flexibility index (Phi) is 5.30. The third kappa shape index (κ3) is 3.73. The largest absolute Gasteiger partial charge is 0.492 e. The standard InChI is InChI=1S/C22H26N4O2/c1-3-28-20-9-5-4-8-19(20)25-13-11-24(12-14-25)16-18-15-22(27)26-17(2)7-6-10-21(26)23-18/h4-10,15H,3,11-14,16H2,1-2H3. The van der Waals surface area contributed by atoms with Crippen molar-refractivity contribution in [3.63, 3.8) is 0 Å². The summed E-state index contributed by atoms with van der Waals surface area (Å²) in [4.78, 5) is 21.9. The van der Waals surface area contributed by atoms with Gasteiger partial charge in [0, 0.05) is 44.5 Å². The molecule has 0 radical (unpaired) electrons. The predicted molar refractivity (Wildman–Crippen MR) is 111 cm³/mol. The maximum Gasteiger partial charge on any atom is 0.258 e. The van der Waals surface area contributed by atoms with Crippen LogP contribution >= 0.6 is 0 Å². The van der Waals surface area contributed by atoms with E-state index in [1.165, 1.54) is 0 Å². The molecule has 0 aliphatic carbocycles. The van der Waals surface area contributed by atoms with Crippen LogP contribution < -0.4 is 15.2 Å². The van der Waals surface area contributed by atoms with E-state index in [0.717, 1.165) is 49.0 Å². The number of piperazine rings is 1. The third-order valence-corrected chi connectivity index (χ3v) is 5.20. The molecule has 0 saturated carbocycles. The summed E-state index contributed by atoms with van der Waals surface area (Å²) in [5.41, 5.74) is 3.59. The lowest BCUT2D eigenvalue weighted by atomic mass is 10.2. The van der Waals surface area contributed by atoms with Crippen LogP contribution in [0.4, 0.5) is 5.69 Å². The number of para-hydroxylation sites is 2. The van der Waals surface area contributed by atoms with Gasteiger partial charge in [-0.15, -0.1) is 0 Å². The lowest BCUT2D eigenvalue weighted by Gasteiger charge is -2.36. The molecule has 0 atom stereocenters. The molecule has 0 N–H and O–H groups in total. The first-order chi connectivity index (χ1) is 13.7. The fraction of sp³-hybridized carbons (Fsp3) is 0.364. The van der Waals surface area contributed by atoms with Crippen molar-refractivity contribution in [2.45, 2.75) is 20.4 Å². The fourth-order valence-electron chi connectivity index (χ4n) is 3.82. The van der Waals surface area contributed by atoms with Gasteiger partial charge in [0.15, 0.2) is 0 Å². The number of nitrogens with zero attached hydrogens (tertiary/aromatic N) is 4. The molecule has 1 aromatic carbocycles. The molecule has 0 spiro atoms. The van der Waals surface area contributed by atoms with Crippen LogP contribution in [-0.4, -0.2) is 47.1 Å². The summed E-state index contributed by atoms with van der Waals surface area (Å²) in [6.07, 6.45) is 0. The number of hydrogen-bond acceptors (Lipinski definition) is 5. The number of pyridine rings is 1. The van der Waals surface area contributed by atoms with Crippen molar-refractivity contribution in [2.75, 3.05) is 37.7 Å². The minimum Gasteiger partial charge on any atom is -0.492 e. The van der Waals surface area contributed by atoms with E-state index in [2.05, 4.69) is 21.9 Å². The quantitative estimate of drug-likeness (QED) is 0.683. The second kappa shape index (κ2) is 8.02. The van der Waals surface area contributed by atoms with Crippen LogP contribution in [0.2, 0.25) is 0 Å². The first-order valence-electron chi connectivity index (χ1n) is 9.83. The van der Waals surface area contributed by atoms with E-state index in [4.69, 9.17) is 9.72 Å². The van der Waals surface area contributed by atoms with Crippen LogP contribution in [0.1, 0.15) is 18.3 Å². The number of hydrogen-bond donors (Lipinski definition) is 0. The number of benzene rings is 1. The van der Waals surface area contributed by atoms with E-state index in [9.17, 15) is 4.79 Å². The molecule has 28 heavy (non-hydrogen) atoms. The maximum absolute atomic E-state index is 12.5. The van der Waals surface area contributed by atoms with Gasteiger partial charge in [0.05, 0.1) is 18.0 Å². The lowest BCUT2D eigenvalue weighted by molar-refractivity contribution is 0.246. The smallest absolute Gasteiger partial charge is 0.258 e. The molecule has 1 aliphatic rings. The zero-order chi connectivity index (χ0) is 19.5. The van der Waals surface area contributed by atoms with Crippen molar-refractivity contribution in [3.8, 4) is 5.75 Å². The van der Waals surface area contributed by atoms with E-state index in [0.29, 0.717) is 18.8 Å². The molecular weight excluding hydrogens is 352 g/mol. The van der Waals surface area contributed by atoms with E-state index in [-0.39, 0.29) is 5.56 Å². The minimum absolute atomic E-state index is 0.0117. The summed E-state index contributed by atoms with van der Waals surface area (Å²) in [5.74, 6) is 0.943. The molecule has 0 unspecified atom stereocenters. The van der Waals surface area contributed by atoms with Gasteiger partial charge < -0.3 is 9.64 Å². The highest BCUT2D eigenvalue weighted by atomic mass is 16.5. The molecule has 3 heterocycles. The number of rotatable bonds is 5. The molecule has 146 valence electrons. The summed E-state index contributed by atoms with van der Waals surface area (Å²) in [5, 5.41) is 0. The Morgan fingerprint density at radius 2 is 1.82 bits per heavy atom. The molecule has 2 aromatic heterocycles. The number of ether oxygens (including phenoxy) is 1. The third-order valence-electron chi connectivity index (χ3n) is 5.20. The molecule has 6 heteroatoms. The topological polar surface area (TPSA) is 50.1 Å². The number of aromatic nitrogens is 2. The van der Waals surface area contributed by atoms with Gasteiger partial charge in [-0.2, -0.15) is 0 Å². The second-order valence-electron chi connectivity index (χ2n) is 7.11. The molecule has 0 amide bonds. The van der Waals surface area contributed by atoms with Crippen LogP contribution in [0, 0.1) is 6.92 Å². The molecule has 4 rings (SSSR count). The van der Waals surface area contributed by atoms with Gasteiger partial charge in [0.2, 0.25) is 0 Å². The van der Waals surface area contributed by atoms with Crippen LogP contribution in [0.5, 0.6) is 5.75 Å². The van der Waals surface area contributed by atoms with E-state index >= 15 is 0 Å². The highest BCUT2D eigenvalue weighted by molar-refractivity contribution is 5.58. The van der Waals surface area contributed by atoms with Gasteiger partial charge >= 0.3 is 0 Å². The molecule has 1 aliphatic heterocycles. The Bertz CT molecular complexity index is 1020. The van der Waals surface area contributed by atoms with Gasteiger partial charge in [0.1, 0.15) is 11.4 Å². The summed E-state index contributed by atoms with van der Waals surface area (Å²) in [7, 11) is 0. The fourth-order valence-corrected chi connectivity index (χ4v) is 3.82. The summed E-state index contributed by atoms with van der Waals surface area (Å²) < 4.78 is 7.43. The zero-order valence-corrected chi connectivity index (χ0v) is 16.5. The first kappa shape index (κ1) is 18.5. The average molecular weight is 378 g/mol. The minimum atomic E-state index is -0.0117. The van der Waals surface area contributed by atoms with Crippen molar-refractivity contribution in [3.05, 3.63) is 70.3 Å². The Hall–Kier alpha value is -2.86. The summed E-state index contributed by atoms with van der Waals surface area (Å²) >= 11 is 0. The Morgan fingerprint density at radius 1 is 1.04 bits per heavy atom. The summed E-state index contributed by atoms with van der Waals surface area (Å²) in [6.45, 7) is 9.00. The highest BCUT2D eigenvalue weighted by Crippen LogP contribution is 2.28. The van der Waals surface area contributed by atoms with Crippen molar-refractivity contribution in [1.82, 2.24) is 14.3 Å². The molecule has 0 bridgehead atoms. The van der Waals surface area contributed by atoms with Crippen LogP contribution in [0.15, 0.2) is 53.3 Å². The second-order valence-corrected chi connectivity index (χ2v) is 7.11. The van der Waals surface area contributed by atoms with Crippen molar-refractivity contribution < 1.29 is 4.74 Å². The maximum atomic E-state index is 12.5. The van der Waals surface area contributed by atoms with Gasteiger partial charge in [-0.3, -0.25) is 14.1 Å².